The second-order valence-corrected chi connectivity index (χ2v) is 4.69. The van der Waals surface area contributed by atoms with E-state index in [0.717, 1.165) is 5.69 Å². The van der Waals surface area contributed by atoms with Crippen molar-refractivity contribution >= 4 is 29.0 Å². The smallest absolute Gasteiger partial charge is 0.272 e. The lowest BCUT2D eigenvalue weighted by molar-refractivity contribution is -0.114. The monoisotopic (exact) mass is 311 g/mol. The molecule has 0 fully saturated rings. The highest BCUT2D eigenvalue weighted by Crippen LogP contribution is 2.18. The topological polar surface area (TPSA) is 96.0 Å². The molecule has 0 aliphatic rings. The molecule has 2 rings (SSSR count). The van der Waals surface area contributed by atoms with Crippen LogP contribution in [0.5, 0.6) is 0 Å². The van der Waals surface area contributed by atoms with Crippen LogP contribution in [0.1, 0.15) is 17.4 Å². The molecule has 0 atom stereocenters. The lowest BCUT2D eigenvalue weighted by Crippen LogP contribution is -2.24. The second kappa shape index (κ2) is 7.69. The maximum atomic E-state index is 11.7. The third-order valence-corrected chi connectivity index (χ3v) is 2.76. The quantitative estimate of drug-likeness (QED) is 0.710. The number of nitrogens with one attached hydrogen (secondary N) is 3. The Morgan fingerprint density at radius 2 is 1.96 bits per heavy atom. The molecule has 0 aliphatic heterocycles. The van der Waals surface area contributed by atoms with Crippen LogP contribution < -0.4 is 16.0 Å². The highest BCUT2D eigenvalue weighted by Gasteiger charge is 2.07. The average Bonchev–Trinajstić information content (AvgIpc) is 2.53. The summed E-state index contributed by atoms with van der Waals surface area (Å²) in [6.07, 6.45) is 1.59. The number of hydrogen-bond acceptors (Lipinski definition) is 5. The van der Waals surface area contributed by atoms with Crippen molar-refractivity contribution in [3.8, 4) is 0 Å². The van der Waals surface area contributed by atoms with Gasteiger partial charge in [-0.2, -0.15) is 0 Å². The third-order valence-electron chi connectivity index (χ3n) is 2.76. The summed E-state index contributed by atoms with van der Waals surface area (Å²) in [5, 5.41) is 16.2. The van der Waals surface area contributed by atoms with Crippen molar-refractivity contribution in [1.82, 2.24) is 15.5 Å². The molecular weight excluding hydrogens is 294 g/mol. The summed E-state index contributed by atoms with van der Waals surface area (Å²) < 4.78 is 0. The van der Waals surface area contributed by atoms with Crippen LogP contribution in [-0.2, 0) is 4.79 Å². The van der Waals surface area contributed by atoms with Gasteiger partial charge in [-0.05, 0) is 30.3 Å². The van der Waals surface area contributed by atoms with E-state index in [9.17, 15) is 9.59 Å². The van der Waals surface area contributed by atoms with Crippen LogP contribution in [0.2, 0.25) is 0 Å². The van der Waals surface area contributed by atoms with E-state index in [0.29, 0.717) is 18.1 Å². The van der Waals surface area contributed by atoms with Gasteiger partial charge in [0.1, 0.15) is 0 Å². The Hall–Kier alpha value is -3.22. The third kappa shape index (κ3) is 4.92. The van der Waals surface area contributed by atoms with Gasteiger partial charge in [-0.3, -0.25) is 9.59 Å². The molecule has 0 saturated carbocycles. The van der Waals surface area contributed by atoms with Crippen molar-refractivity contribution in [3.63, 3.8) is 0 Å². The first-order chi connectivity index (χ1) is 11.1. The molecule has 2 aromatic rings. The number of carbonyl (C=O) groups is 2. The van der Waals surface area contributed by atoms with Gasteiger partial charge in [0.15, 0.2) is 11.5 Å². The fraction of sp³-hybridized carbons (Fsp3) is 0.125. The molecule has 1 aromatic carbocycles. The Labute approximate surface area is 133 Å². The summed E-state index contributed by atoms with van der Waals surface area (Å²) in [5.41, 5.74) is 1.65. The van der Waals surface area contributed by atoms with Gasteiger partial charge in [0.05, 0.1) is 0 Å². The van der Waals surface area contributed by atoms with E-state index in [1.54, 1.807) is 36.4 Å². The van der Waals surface area contributed by atoms with Crippen LogP contribution in [0.4, 0.5) is 17.2 Å². The van der Waals surface area contributed by atoms with Crippen LogP contribution >= 0.6 is 0 Å². The second-order valence-electron chi connectivity index (χ2n) is 4.69. The SMILES string of the molecule is C=CCNC(=O)c1ccc(Nc2cccc(NC(C)=O)c2)nn1. The van der Waals surface area contributed by atoms with E-state index in [1.165, 1.54) is 6.92 Å². The molecule has 0 bridgehead atoms. The molecule has 7 nitrogen and oxygen atoms in total. The number of carbonyl (C=O) groups excluding carboxylic acids is 2. The van der Waals surface area contributed by atoms with Gasteiger partial charge < -0.3 is 16.0 Å². The zero-order chi connectivity index (χ0) is 16.7. The molecule has 1 heterocycles. The lowest BCUT2D eigenvalue weighted by Gasteiger charge is -2.08. The summed E-state index contributed by atoms with van der Waals surface area (Å²) in [4.78, 5) is 22.8. The van der Waals surface area contributed by atoms with Gasteiger partial charge in [0.2, 0.25) is 5.91 Å². The highest BCUT2D eigenvalue weighted by molar-refractivity contribution is 5.92. The van der Waals surface area contributed by atoms with E-state index in [1.807, 2.05) is 6.07 Å². The van der Waals surface area contributed by atoms with Gasteiger partial charge in [-0.25, -0.2) is 0 Å². The lowest BCUT2D eigenvalue weighted by atomic mass is 10.2. The zero-order valence-corrected chi connectivity index (χ0v) is 12.7. The Balaban J connectivity index is 2.04. The number of aromatic nitrogens is 2. The van der Waals surface area contributed by atoms with Gasteiger partial charge in [0, 0.05) is 24.8 Å². The summed E-state index contributed by atoms with van der Waals surface area (Å²) in [5.74, 6) is 0.0404. The number of benzene rings is 1. The molecule has 1 aromatic heterocycles. The van der Waals surface area contributed by atoms with E-state index < -0.39 is 0 Å². The number of anilines is 3. The highest BCUT2D eigenvalue weighted by atomic mass is 16.2. The van der Waals surface area contributed by atoms with E-state index in [-0.39, 0.29) is 17.5 Å². The van der Waals surface area contributed by atoms with Crippen LogP contribution in [0, 0.1) is 0 Å². The number of rotatable bonds is 6. The first-order valence-electron chi connectivity index (χ1n) is 6.96. The minimum atomic E-state index is -0.309. The predicted octanol–water partition coefficient (Wildman–Crippen LogP) is 2.09. The molecule has 23 heavy (non-hydrogen) atoms. The minimum absolute atomic E-state index is 0.142. The summed E-state index contributed by atoms with van der Waals surface area (Å²) in [7, 11) is 0. The normalized spacial score (nSPS) is 9.78. The molecule has 0 unspecified atom stereocenters. The molecule has 3 N–H and O–H groups in total. The van der Waals surface area contributed by atoms with Crippen molar-refractivity contribution in [2.45, 2.75) is 6.92 Å². The first-order valence-corrected chi connectivity index (χ1v) is 6.96. The standard InChI is InChI=1S/C16H17N5O2/c1-3-9-17-16(23)14-7-8-15(21-20-14)19-13-6-4-5-12(10-13)18-11(2)22/h3-8,10H,1,9H2,2H3,(H,17,23)(H,18,22)(H,19,21). The molecule has 2 amide bonds. The van der Waals surface area contributed by atoms with Crippen LogP contribution in [0.15, 0.2) is 49.1 Å². The Kier molecular flexibility index (Phi) is 5.40. The van der Waals surface area contributed by atoms with Crippen LogP contribution in [0.25, 0.3) is 0 Å². The van der Waals surface area contributed by atoms with E-state index >= 15 is 0 Å². The summed E-state index contributed by atoms with van der Waals surface area (Å²) >= 11 is 0. The fourth-order valence-electron chi connectivity index (χ4n) is 1.80. The van der Waals surface area contributed by atoms with Gasteiger partial charge in [-0.15, -0.1) is 16.8 Å². The largest absolute Gasteiger partial charge is 0.347 e. The maximum Gasteiger partial charge on any atom is 0.272 e. The van der Waals surface area contributed by atoms with Crippen molar-refractivity contribution in [3.05, 3.63) is 54.7 Å². The summed E-state index contributed by atoms with van der Waals surface area (Å²) in [6.45, 7) is 5.34. The Morgan fingerprint density at radius 3 is 2.61 bits per heavy atom. The fourth-order valence-corrected chi connectivity index (χ4v) is 1.80. The first kappa shape index (κ1) is 16.2. The number of nitrogens with zero attached hydrogens (tertiary/aromatic N) is 2. The maximum absolute atomic E-state index is 11.7. The van der Waals surface area contributed by atoms with Crippen molar-refractivity contribution in [2.24, 2.45) is 0 Å². The van der Waals surface area contributed by atoms with E-state index in [4.69, 9.17) is 0 Å². The minimum Gasteiger partial charge on any atom is -0.347 e. The number of hydrogen-bond donors (Lipinski definition) is 3. The van der Waals surface area contributed by atoms with Crippen LogP contribution in [0.3, 0.4) is 0 Å². The van der Waals surface area contributed by atoms with Gasteiger partial charge in [-0.1, -0.05) is 12.1 Å². The van der Waals surface area contributed by atoms with Crippen molar-refractivity contribution in [1.29, 1.82) is 0 Å². The Morgan fingerprint density at radius 1 is 1.17 bits per heavy atom. The molecule has 0 saturated heterocycles. The number of amides is 2. The van der Waals surface area contributed by atoms with Crippen molar-refractivity contribution in [2.75, 3.05) is 17.2 Å². The molecular formula is C16H17N5O2. The van der Waals surface area contributed by atoms with Gasteiger partial charge in [0.25, 0.3) is 5.91 Å². The van der Waals surface area contributed by atoms with E-state index in [2.05, 4.69) is 32.7 Å². The van der Waals surface area contributed by atoms with Crippen molar-refractivity contribution < 1.29 is 9.59 Å². The molecule has 118 valence electrons. The zero-order valence-electron chi connectivity index (χ0n) is 12.7. The predicted molar refractivity (Wildman–Crippen MR) is 88.6 cm³/mol. The molecule has 0 radical (unpaired) electrons. The molecule has 0 aliphatic carbocycles. The molecule has 0 spiro atoms. The Bertz CT molecular complexity index is 713. The molecule has 7 heteroatoms. The summed E-state index contributed by atoms with van der Waals surface area (Å²) in [6, 6.07) is 10.4. The average molecular weight is 311 g/mol. The van der Waals surface area contributed by atoms with Gasteiger partial charge >= 0.3 is 0 Å². The van der Waals surface area contributed by atoms with Crippen LogP contribution in [-0.4, -0.2) is 28.6 Å².